The number of benzene rings is 2. The fourth-order valence-corrected chi connectivity index (χ4v) is 5.58. The molecule has 0 radical (unpaired) electrons. The standard InChI is InChI=1S/C29H24N6O4S2/c1-4-41(37,38)35-20-8-6-19(7-9-20)24-10-11-25-28(32-24)40-29(33-25)34-27(36)23-16-31-17(2)13-21(23)22-14-18(15-30)5-12-26(22)39-3/h5-14,16,35H,4H2,1-3H3,(H,33,34,36). The van der Waals surface area contributed by atoms with E-state index in [-0.39, 0.29) is 5.75 Å². The average Bonchev–Trinajstić information content (AvgIpc) is 3.38. The van der Waals surface area contributed by atoms with E-state index in [2.05, 4.69) is 26.1 Å². The molecule has 12 heteroatoms. The number of amides is 1. The number of nitrogens with zero attached hydrogens (tertiary/aromatic N) is 4. The summed E-state index contributed by atoms with van der Waals surface area (Å²) < 4.78 is 31.7. The van der Waals surface area contributed by atoms with Gasteiger partial charge in [-0.3, -0.25) is 19.8 Å². The van der Waals surface area contributed by atoms with Gasteiger partial charge < -0.3 is 4.74 Å². The SMILES string of the molecule is CCS(=O)(=O)Nc1ccc(-c2ccc3nc(NC(=O)c4cnc(C)cc4-c4cc(C#N)ccc4OC)sc3n2)cc1. The molecule has 0 unspecified atom stereocenters. The Kier molecular flexibility index (Phi) is 7.65. The zero-order valence-electron chi connectivity index (χ0n) is 22.3. The van der Waals surface area contributed by atoms with Crippen LogP contribution in [0.2, 0.25) is 0 Å². The van der Waals surface area contributed by atoms with Gasteiger partial charge in [-0.25, -0.2) is 18.4 Å². The Morgan fingerprint density at radius 1 is 1.05 bits per heavy atom. The Morgan fingerprint density at radius 3 is 2.54 bits per heavy atom. The van der Waals surface area contributed by atoms with Crippen LogP contribution < -0.4 is 14.8 Å². The molecule has 0 saturated heterocycles. The first kappa shape index (κ1) is 27.7. The molecule has 206 valence electrons. The van der Waals surface area contributed by atoms with E-state index in [0.29, 0.717) is 60.6 Å². The predicted molar refractivity (Wildman–Crippen MR) is 160 cm³/mol. The van der Waals surface area contributed by atoms with Gasteiger partial charge in [0.1, 0.15) is 16.1 Å². The minimum Gasteiger partial charge on any atom is -0.496 e. The van der Waals surface area contributed by atoms with Crippen LogP contribution in [0.1, 0.15) is 28.5 Å². The molecule has 3 heterocycles. The summed E-state index contributed by atoms with van der Waals surface area (Å²) in [5.74, 6) is 0.0964. The maximum atomic E-state index is 13.4. The van der Waals surface area contributed by atoms with Crippen molar-refractivity contribution in [2.24, 2.45) is 0 Å². The monoisotopic (exact) mass is 584 g/mol. The number of ether oxygens (including phenoxy) is 1. The number of hydrogen-bond acceptors (Lipinski definition) is 9. The van der Waals surface area contributed by atoms with Gasteiger partial charge in [0, 0.05) is 34.3 Å². The lowest BCUT2D eigenvalue weighted by molar-refractivity contribution is 0.102. The van der Waals surface area contributed by atoms with Crippen molar-refractivity contribution in [2.75, 3.05) is 22.9 Å². The summed E-state index contributed by atoms with van der Waals surface area (Å²) in [5.41, 5.74) is 5.19. The Balaban J connectivity index is 1.42. The number of aryl methyl sites for hydroxylation is 1. The third-order valence-corrected chi connectivity index (χ3v) is 8.40. The predicted octanol–water partition coefficient (Wildman–Crippen LogP) is 5.62. The third kappa shape index (κ3) is 6.01. The van der Waals surface area contributed by atoms with Gasteiger partial charge in [-0.05, 0) is 62.4 Å². The maximum absolute atomic E-state index is 13.4. The molecule has 0 aliphatic heterocycles. The van der Waals surface area contributed by atoms with Crippen molar-refractivity contribution in [2.45, 2.75) is 13.8 Å². The number of anilines is 2. The number of aromatic nitrogens is 3. The number of carbonyl (C=O) groups excluding carboxylic acids is 1. The van der Waals surface area contributed by atoms with Crippen molar-refractivity contribution in [3.63, 3.8) is 0 Å². The molecule has 2 N–H and O–H groups in total. The molecule has 0 aliphatic rings. The molecule has 0 spiro atoms. The molecular weight excluding hydrogens is 560 g/mol. The number of methoxy groups -OCH3 is 1. The summed E-state index contributed by atoms with van der Waals surface area (Å²) >= 11 is 1.23. The number of sulfonamides is 1. The molecule has 0 aliphatic carbocycles. The van der Waals surface area contributed by atoms with E-state index in [1.54, 1.807) is 55.5 Å². The Labute approximate surface area is 240 Å². The molecule has 10 nitrogen and oxygen atoms in total. The van der Waals surface area contributed by atoms with Gasteiger partial charge in [0.2, 0.25) is 10.0 Å². The van der Waals surface area contributed by atoms with Crippen LogP contribution in [0, 0.1) is 18.3 Å². The molecule has 41 heavy (non-hydrogen) atoms. The zero-order valence-corrected chi connectivity index (χ0v) is 23.9. The van der Waals surface area contributed by atoms with Crippen LogP contribution in [0.25, 0.3) is 32.7 Å². The van der Waals surface area contributed by atoms with E-state index >= 15 is 0 Å². The normalized spacial score (nSPS) is 11.2. The molecule has 5 aromatic rings. The van der Waals surface area contributed by atoms with Crippen LogP contribution in [0.3, 0.4) is 0 Å². The average molecular weight is 585 g/mol. The number of hydrogen-bond donors (Lipinski definition) is 2. The van der Waals surface area contributed by atoms with Crippen molar-refractivity contribution in [1.29, 1.82) is 5.26 Å². The van der Waals surface area contributed by atoms with Gasteiger partial charge in [0.15, 0.2) is 5.13 Å². The summed E-state index contributed by atoms with van der Waals surface area (Å²) in [5, 5.41) is 12.6. The second-order valence-electron chi connectivity index (χ2n) is 8.97. The molecule has 3 aromatic heterocycles. The first-order chi connectivity index (χ1) is 19.7. The fourth-order valence-electron chi connectivity index (χ4n) is 4.11. The molecule has 0 saturated carbocycles. The maximum Gasteiger partial charge on any atom is 0.259 e. The van der Waals surface area contributed by atoms with Gasteiger partial charge >= 0.3 is 0 Å². The highest BCUT2D eigenvalue weighted by molar-refractivity contribution is 7.92. The summed E-state index contributed by atoms with van der Waals surface area (Å²) in [7, 11) is -1.83. The van der Waals surface area contributed by atoms with Crippen LogP contribution >= 0.6 is 11.3 Å². The molecule has 5 rings (SSSR count). The molecule has 0 bridgehead atoms. The number of pyridine rings is 2. The van der Waals surface area contributed by atoms with E-state index in [1.807, 2.05) is 19.1 Å². The second-order valence-corrected chi connectivity index (χ2v) is 12.0. The second kappa shape index (κ2) is 11.3. The molecule has 1 amide bonds. The number of carbonyl (C=O) groups is 1. The lowest BCUT2D eigenvalue weighted by Gasteiger charge is -2.13. The van der Waals surface area contributed by atoms with Crippen LogP contribution in [0.15, 0.2) is 66.9 Å². The lowest BCUT2D eigenvalue weighted by atomic mass is 9.97. The van der Waals surface area contributed by atoms with E-state index < -0.39 is 15.9 Å². The Hall–Kier alpha value is -4.86. The third-order valence-electron chi connectivity index (χ3n) is 6.21. The summed E-state index contributed by atoms with van der Waals surface area (Å²) in [4.78, 5) is 27.6. The largest absolute Gasteiger partial charge is 0.496 e. The summed E-state index contributed by atoms with van der Waals surface area (Å²) in [6.07, 6.45) is 1.49. The first-order valence-electron chi connectivity index (χ1n) is 12.4. The summed E-state index contributed by atoms with van der Waals surface area (Å²) in [6, 6.07) is 19.5. The zero-order chi connectivity index (χ0) is 29.1. The quantitative estimate of drug-likeness (QED) is 0.239. The van der Waals surface area contributed by atoms with Crippen molar-refractivity contribution >= 4 is 48.4 Å². The summed E-state index contributed by atoms with van der Waals surface area (Å²) in [6.45, 7) is 3.39. The Morgan fingerprint density at radius 2 is 1.83 bits per heavy atom. The highest BCUT2D eigenvalue weighted by atomic mass is 32.2. The van der Waals surface area contributed by atoms with Gasteiger partial charge in [-0.15, -0.1) is 0 Å². The van der Waals surface area contributed by atoms with Gasteiger partial charge in [-0.1, -0.05) is 23.5 Å². The van der Waals surface area contributed by atoms with Crippen LogP contribution in [-0.2, 0) is 10.0 Å². The van der Waals surface area contributed by atoms with Crippen molar-refractivity contribution in [3.8, 4) is 34.2 Å². The fraction of sp³-hybridized carbons (Fsp3) is 0.138. The van der Waals surface area contributed by atoms with Gasteiger partial charge in [0.05, 0.1) is 35.8 Å². The minimum atomic E-state index is -3.36. The van der Waals surface area contributed by atoms with E-state index in [9.17, 15) is 18.5 Å². The topological polar surface area (TPSA) is 147 Å². The number of rotatable bonds is 8. The van der Waals surface area contributed by atoms with Gasteiger partial charge in [0.25, 0.3) is 5.91 Å². The number of fused-ring (bicyclic) bond motifs is 1. The first-order valence-corrected chi connectivity index (χ1v) is 14.9. The molecule has 0 atom stereocenters. The lowest BCUT2D eigenvalue weighted by Crippen LogP contribution is -2.14. The number of thiazole rings is 1. The van der Waals surface area contributed by atoms with Crippen molar-refractivity contribution in [1.82, 2.24) is 15.0 Å². The minimum absolute atomic E-state index is 0.0124. The molecule has 2 aromatic carbocycles. The number of nitriles is 1. The highest BCUT2D eigenvalue weighted by Gasteiger charge is 2.19. The van der Waals surface area contributed by atoms with E-state index in [4.69, 9.17) is 9.72 Å². The van der Waals surface area contributed by atoms with E-state index in [1.165, 1.54) is 24.6 Å². The van der Waals surface area contributed by atoms with Crippen molar-refractivity contribution in [3.05, 3.63) is 83.7 Å². The van der Waals surface area contributed by atoms with Gasteiger partial charge in [-0.2, -0.15) is 5.26 Å². The van der Waals surface area contributed by atoms with Crippen molar-refractivity contribution < 1.29 is 17.9 Å². The number of nitrogens with one attached hydrogen (secondary N) is 2. The molecule has 0 fully saturated rings. The Bertz CT molecular complexity index is 1930. The highest BCUT2D eigenvalue weighted by Crippen LogP contribution is 2.35. The van der Waals surface area contributed by atoms with Crippen LogP contribution in [0.4, 0.5) is 10.8 Å². The van der Waals surface area contributed by atoms with Crippen LogP contribution in [0.5, 0.6) is 5.75 Å². The van der Waals surface area contributed by atoms with E-state index in [0.717, 1.165) is 5.56 Å². The molecular formula is C29H24N6O4S2. The smallest absolute Gasteiger partial charge is 0.259 e. The van der Waals surface area contributed by atoms with Crippen LogP contribution in [-0.4, -0.2) is 42.1 Å².